The summed E-state index contributed by atoms with van der Waals surface area (Å²) in [6.45, 7) is 5.60. The molecular weight excluding hydrogens is 170 g/mol. The van der Waals surface area contributed by atoms with Gasteiger partial charge in [-0.05, 0) is 17.3 Å². The number of carbonyl (C=O) groups is 2. The summed E-state index contributed by atoms with van der Waals surface area (Å²) >= 11 is 0. The van der Waals surface area contributed by atoms with Crippen molar-refractivity contribution in [2.24, 2.45) is 17.3 Å². The number of amides is 1. The van der Waals surface area contributed by atoms with E-state index in [2.05, 4.69) is 13.8 Å². The molecule has 1 saturated heterocycles. The minimum Gasteiger partial charge on any atom is -0.474 e. The molecule has 1 aliphatic heterocycles. The van der Waals surface area contributed by atoms with Crippen LogP contribution in [-0.2, 0) is 9.59 Å². The Bertz CT molecular complexity index is 271. The Morgan fingerprint density at radius 2 is 1.77 bits per heavy atom. The Hall–Kier alpha value is -1.06. The summed E-state index contributed by atoms with van der Waals surface area (Å²) in [5, 5.41) is 8.48. The highest BCUT2D eigenvalue weighted by Crippen LogP contribution is 2.61. The first-order valence-corrected chi connectivity index (χ1v) is 4.47. The van der Waals surface area contributed by atoms with Gasteiger partial charge in [-0.2, -0.15) is 0 Å². The van der Waals surface area contributed by atoms with Crippen LogP contribution in [0.5, 0.6) is 0 Å². The number of fused-ring (bicyclic) bond motifs is 1. The predicted molar refractivity (Wildman–Crippen MR) is 45.0 cm³/mol. The van der Waals surface area contributed by atoms with E-state index in [0.29, 0.717) is 30.3 Å². The third-order valence-corrected chi connectivity index (χ3v) is 3.59. The Labute approximate surface area is 76.5 Å². The van der Waals surface area contributed by atoms with E-state index in [4.69, 9.17) is 5.11 Å². The lowest BCUT2D eigenvalue weighted by molar-refractivity contribution is -0.155. The van der Waals surface area contributed by atoms with Gasteiger partial charge >= 0.3 is 11.9 Å². The number of nitrogens with zero attached hydrogens (tertiary/aromatic N) is 1. The molecule has 0 bridgehead atoms. The molecule has 2 atom stereocenters. The third kappa shape index (κ3) is 1.04. The van der Waals surface area contributed by atoms with Gasteiger partial charge in [0.15, 0.2) is 0 Å². The number of hydrogen-bond acceptors (Lipinski definition) is 2. The molecule has 13 heavy (non-hydrogen) atoms. The van der Waals surface area contributed by atoms with Gasteiger partial charge in [-0.1, -0.05) is 13.8 Å². The minimum atomic E-state index is -1.33. The van der Waals surface area contributed by atoms with Crippen molar-refractivity contribution in [2.45, 2.75) is 13.8 Å². The van der Waals surface area contributed by atoms with Gasteiger partial charge < -0.3 is 10.0 Å². The first kappa shape index (κ1) is 8.53. The summed E-state index contributed by atoms with van der Waals surface area (Å²) in [5.74, 6) is -1.03. The van der Waals surface area contributed by atoms with Gasteiger partial charge in [0.25, 0.3) is 0 Å². The lowest BCUT2D eigenvalue weighted by Crippen LogP contribution is -2.37. The number of carboxylic acids is 1. The SMILES string of the molecule is CC1(C)C2CN(C(=O)C(=O)O)CC21. The lowest BCUT2D eigenvalue weighted by atomic mass is 10.1. The van der Waals surface area contributed by atoms with E-state index in [1.165, 1.54) is 4.90 Å². The standard InChI is InChI=1S/C9H13NO3/c1-9(2)5-3-10(4-6(5)9)7(11)8(12)13/h5-6H,3-4H2,1-2H3,(H,12,13). The van der Waals surface area contributed by atoms with Gasteiger partial charge in [0.1, 0.15) is 0 Å². The highest BCUT2D eigenvalue weighted by atomic mass is 16.4. The summed E-state index contributed by atoms with van der Waals surface area (Å²) in [7, 11) is 0. The number of hydrogen-bond donors (Lipinski definition) is 1. The predicted octanol–water partition coefficient (Wildman–Crippen LogP) is 0.185. The monoisotopic (exact) mass is 183 g/mol. The molecule has 2 aliphatic rings. The van der Waals surface area contributed by atoms with Crippen LogP contribution in [0.4, 0.5) is 0 Å². The van der Waals surface area contributed by atoms with E-state index >= 15 is 0 Å². The molecule has 2 fully saturated rings. The van der Waals surface area contributed by atoms with Gasteiger partial charge in [-0.3, -0.25) is 4.79 Å². The van der Waals surface area contributed by atoms with Crippen LogP contribution in [0.3, 0.4) is 0 Å². The number of rotatable bonds is 0. The third-order valence-electron chi connectivity index (χ3n) is 3.59. The summed E-state index contributed by atoms with van der Waals surface area (Å²) < 4.78 is 0. The fraction of sp³-hybridized carbons (Fsp3) is 0.778. The number of piperidine rings is 1. The van der Waals surface area contributed by atoms with Crippen molar-refractivity contribution >= 4 is 11.9 Å². The smallest absolute Gasteiger partial charge is 0.394 e. The van der Waals surface area contributed by atoms with Crippen LogP contribution < -0.4 is 0 Å². The highest BCUT2D eigenvalue weighted by molar-refractivity contribution is 6.31. The van der Waals surface area contributed by atoms with E-state index in [-0.39, 0.29) is 0 Å². The van der Waals surface area contributed by atoms with Crippen LogP contribution in [0.15, 0.2) is 0 Å². The summed E-state index contributed by atoms with van der Waals surface area (Å²) in [5.41, 5.74) is 0.329. The molecule has 2 unspecified atom stereocenters. The Kier molecular flexibility index (Phi) is 1.47. The van der Waals surface area contributed by atoms with E-state index in [1.807, 2.05) is 0 Å². The molecular formula is C9H13NO3. The second-order valence-electron chi connectivity index (χ2n) is 4.55. The molecule has 4 nitrogen and oxygen atoms in total. The Morgan fingerprint density at radius 3 is 2.15 bits per heavy atom. The van der Waals surface area contributed by atoms with Crippen molar-refractivity contribution in [1.29, 1.82) is 0 Å². The second kappa shape index (κ2) is 2.25. The molecule has 1 N–H and O–H groups in total. The van der Waals surface area contributed by atoms with Crippen molar-refractivity contribution in [3.63, 3.8) is 0 Å². The molecule has 2 rings (SSSR count). The topological polar surface area (TPSA) is 57.6 Å². The average Bonchev–Trinajstić information content (AvgIpc) is 2.53. The molecule has 1 saturated carbocycles. The van der Waals surface area contributed by atoms with Gasteiger partial charge in [-0.15, -0.1) is 0 Å². The zero-order valence-corrected chi connectivity index (χ0v) is 7.78. The van der Waals surface area contributed by atoms with Gasteiger partial charge in [-0.25, -0.2) is 4.79 Å². The lowest BCUT2D eigenvalue weighted by Gasteiger charge is -2.19. The largest absolute Gasteiger partial charge is 0.474 e. The molecule has 4 heteroatoms. The Balaban J connectivity index is 1.98. The maximum atomic E-state index is 11.0. The molecule has 1 heterocycles. The van der Waals surface area contributed by atoms with Crippen molar-refractivity contribution in [3.05, 3.63) is 0 Å². The molecule has 0 aromatic heterocycles. The van der Waals surface area contributed by atoms with Crippen molar-refractivity contribution in [3.8, 4) is 0 Å². The van der Waals surface area contributed by atoms with Crippen molar-refractivity contribution in [2.75, 3.05) is 13.1 Å². The van der Waals surface area contributed by atoms with E-state index in [9.17, 15) is 9.59 Å². The minimum absolute atomic E-state index is 0.329. The van der Waals surface area contributed by atoms with Crippen LogP contribution in [0.2, 0.25) is 0 Å². The first-order chi connectivity index (χ1) is 5.94. The number of carbonyl (C=O) groups excluding carboxylic acids is 1. The molecule has 1 amide bonds. The normalized spacial score (nSPS) is 34.2. The highest BCUT2D eigenvalue weighted by Gasteiger charge is 2.62. The first-order valence-electron chi connectivity index (χ1n) is 4.47. The summed E-state index contributed by atoms with van der Waals surface area (Å²) in [6, 6.07) is 0. The van der Waals surface area contributed by atoms with Crippen LogP contribution in [0.1, 0.15) is 13.8 Å². The van der Waals surface area contributed by atoms with Gasteiger partial charge in [0.05, 0.1) is 0 Å². The summed E-state index contributed by atoms with van der Waals surface area (Å²) in [4.78, 5) is 22.9. The van der Waals surface area contributed by atoms with E-state index < -0.39 is 11.9 Å². The summed E-state index contributed by atoms with van der Waals surface area (Å²) in [6.07, 6.45) is 0. The van der Waals surface area contributed by atoms with Crippen molar-refractivity contribution < 1.29 is 14.7 Å². The molecule has 0 aromatic rings. The Morgan fingerprint density at radius 1 is 1.31 bits per heavy atom. The molecule has 0 spiro atoms. The average molecular weight is 183 g/mol. The van der Waals surface area contributed by atoms with Gasteiger partial charge in [0, 0.05) is 13.1 Å². The second-order valence-corrected chi connectivity index (χ2v) is 4.55. The molecule has 72 valence electrons. The number of carboxylic acid groups (broad SMARTS) is 1. The van der Waals surface area contributed by atoms with Crippen LogP contribution in [0, 0.1) is 17.3 Å². The quantitative estimate of drug-likeness (QED) is 0.545. The molecule has 0 radical (unpaired) electrons. The fourth-order valence-corrected chi connectivity index (χ4v) is 2.43. The molecule has 1 aliphatic carbocycles. The van der Waals surface area contributed by atoms with Crippen molar-refractivity contribution in [1.82, 2.24) is 4.90 Å². The maximum absolute atomic E-state index is 11.0. The van der Waals surface area contributed by atoms with E-state index in [1.54, 1.807) is 0 Å². The zero-order valence-electron chi connectivity index (χ0n) is 7.78. The van der Waals surface area contributed by atoms with Crippen LogP contribution in [-0.4, -0.2) is 35.0 Å². The van der Waals surface area contributed by atoms with E-state index in [0.717, 1.165) is 0 Å². The fourth-order valence-electron chi connectivity index (χ4n) is 2.43. The number of aliphatic carboxylic acids is 1. The zero-order chi connectivity index (χ0) is 9.80. The molecule has 0 aromatic carbocycles. The number of likely N-dealkylation sites (tertiary alicyclic amines) is 1. The van der Waals surface area contributed by atoms with Crippen LogP contribution >= 0.6 is 0 Å². The maximum Gasteiger partial charge on any atom is 0.394 e. The van der Waals surface area contributed by atoms with Gasteiger partial charge in [0.2, 0.25) is 0 Å². The van der Waals surface area contributed by atoms with Crippen LogP contribution in [0.25, 0.3) is 0 Å².